The monoisotopic (exact) mass is 381 g/mol. The lowest BCUT2D eigenvalue weighted by molar-refractivity contribution is 0.306. The molecule has 3 rings (SSSR count). The summed E-state index contributed by atoms with van der Waals surface area (Å²) in [5.41, 5.74) is 3.03. The Bertz CT molecular complexity index is 898. The number of ether oxygens (including phenoxy) is 1. The minimum atomic E-state index is -0.249. The van der Waals surface area contributed by atoms with Crippen LogP contribution in [0.25, 0.3) is 0 Å². The molecule has 0 unspecified atom stereocenters. The number of hydrogen-bond donors (Lipinski definition) is 2. The first-order valence-corrected chi connectivity index (χ1v) is 8.93. The van der Waals surface area contributed by atoms with Crippen molar-refractivity contribution in [2.45, 2.75) is 20.1 Å². The summed E-state index contributed by atoms with van der Waals surface area (Å²) in [7, 11) is 0. The average Bonchev–Trinajstić information content (AvgIpc) is 2.68. The zero-order valence-corrected chi connectivity index (χ0v) is 15.7. The van der Waals surface area contributed by atoms with Gasteiger partial charge in [-0.2, -0.15) is 0 Å². The van der Waals surface area contributed by atoms with Gasteiger partial charge in [-0.05, 0) is 66.2 Å². The molecule has 2 N–H and O–H groups in total. The second-order valence-corrected chi connectivity index (χ2v) is 6.44. The number of hydrogen-bond acceptors (Lipinski definition) is 3. The number of thiocarbonyl (C=S) groups is 1. The summed E-state index contributed by atoms with van der Waals surface area (Å²) in [6, 6.07) is 17.9. The Morgan fingerprint density at radius 1 is 1.04 bits per heavy atom. The molecule has 0 fully saturated rings. The molecule has 1 heterocycles. The van der Waals surface area contributed by atoms with Gasteiger partial charge < -0.3 is 15.4 Å². The van der Waals surface area contributed by atoms with Crippen LogP contribution in [-0.4, -0.2) is 10.1 Å². The molecule has 0 amide bonds. The number of anilines is 1. The first-order chi connectivity index (χ1) is 13.1. The number of pyridine rings is 1. The van der Waals surface area contributed by atoms with E-state index in [4.69, 9.17) is 17.0 Å². The van der Waals surface area contributed by atoms with Crippen molar-refractivity contribution in [3.63, 3.8) is 0 Å². The van der Waals surface area contributed by atoms with Crippen LogP contribution in [0.4, 0.5) is 10.2 Å². The lowest BCUT2D eigenvalue weighted by atomic mass is 10.2. The summed E-state index contributed by atoms with van der Waals surface area (Å²) >= 11 is 5.31. The SMILES string of the molecule is Cc1cccnc1NC(=S)NCc1ccc(OCc2ccc(F)cc2)cc1. The minimum Gasteiger partial charge on any atom is -0.489 e. The first-order valence-electron chi connectivity index (χ1n) is 8.53. The van der Waals surface area contributed by atoms with E-state index in [2.05, 4.69) is 15.6 Å². The van der Waals surface area contributed by atoms with E-state index in [1.165, 1.54) is 12.1 Å². The van der Waals surface area contributed by atoms with E-state index in [1.54, 1.807) is 18.3 Å². The summed E-state index contributed by atoms with van der Waals surface area (Å²) in [6.45, 7) is 2.97. The Hall–Kier alpha value is -2.99. The van der Waals surface area contributed by atoms with Crippen molar-refractivity contribution >= 4 is 23.1 Å². The van der Waals surface area contributed by atoms with E-state index in [0.29, 0.717) is 18.3 Å². The lowest BCUT2D eigenvalue weighted by Crippen LogP contribution is -2.28. The summed E-state index contributed by atoms with van der Waals surface area (Å²) in [4.78, 5) is 4.26. The molecular formula is C21H20FN3OS. The number of nitrogens with zero attached hydrogens (tertiary/aromatic N) is 1. The molecule has 0 bridgehead atoms. The second kappa shape index (κ2) is 9.09. The van der Waals surface area contributed by atoms with Gasteiger partial charge in [0.25, 0.3) is 0 Å². The van der Waals surface area contributed by atoms with Crippen LogP contribution in [0.2, 0.25) is 0 Å². The molecule has 27 heavy (non-hydrogen) atoms. The highest BCUT2D eigenvalue weighted by molar-refractivity contribution is 7.80. The third-order valence-electron chi connectivity index (χ3n) is 3.94. The van der Waals surface area contributed by atoms with E-state index in [1.807, 2.05) is 43.3 Å². The van der Waals surface area contributed by atoms with Crippen LogP contribution in [-0.2, 0) is 13.2 Å². The Labute approximate surface area is 163 Å². The summed E-state index contributed by atoms with van der Waals surface area (Å²) < 4.78 is 18.6. The Balaban J connectivity index is 1.46. The molecule has 0 saturated heterocycles. The van der Waals surface area contributed by atoms with Crippen molar-refractivity contribution in [2.24, 2.45) is 0 Å². The minimum absolute atomic E-state index is 0.249. The van der Waals surface area contributed by atoms with E-state index >= 15 is 0 Å². The third-order valence-corrected chi connectivity index (χ3v) is 4.18. The molecule has 3 aromatic rings. The van der Waals surface area contributed by atoms with Crippen LogP contribution < -0.4 is 15.4 Å². The number of benzene rings is 2. The van der Waals surface area contributed by atoms with E-state index < -0.39 is 0 Å². The van der Waals surface area contributed by atoms with Crippen molar-refractivity contribution in [3.8, 4) is 5.75 Å². The molecule has 0 spiro atoms. The van der Waals surface area contributed by atoms with Crippen molar-refractivity contribution in [1.29, 1.82) is 0 Å². The topological polar surface area (TPSA) is 46.2 Å². The lowest BCUT2D eigenvalue weighted by Gasteiger charge is -2.12. The highest BCUT2D eigenvalue weighted by atomic mass is 32.1. The van der Waals surface area contributed by atoms with Crippen LogP contribution in [0.5, 0.6) is 5.75 Å². The van der Waals surface area contributed by atoms with Gasteiger partial charge in [-0.25, -0.2) is 9.37 Å². The van der Waals surface area contributed by atoms with Crippen LogP contribution in [0, 0.1) is 12.7 Å². The van der Waals surface area contributed by atoms with Gasteiger partial charge in [-0.1, -0.05) is 30.3 Å². The van der Waals surface area contributed by atoms with Gasteiger partial charge in [0.15, 0.2) is 5.11 Å². The number of aryl methyl sites for hydroxylation is 1. The summed E-state index contributed by atoms with van der Waals surface area (Å²) in [5.74, 6) is 1.26. The Morgan fingerprint density at radius 3 is 2.44 bits per heavy atom. The number of nitrogens with one attached hydrogen (secondary N) is 2. The van der Waals surface area contributed by atoms with Crippen LogP contribution in [0.1, 0.15) is 16.7 Å². The van der Waals surface area contributed by atoms with Gasteiger partial charge in [0, 0.05) is 12.7 Å². The molecule has 6 heteroatoms. The van der Waals surface area contributed by atoms with Gasteiger partial charge in [-0.15, -0.1) is 0 Å². The second-order valence-electron chi connectivity index (χ2n) is 6.04. The maximum absolute atomic E-state index is 12.9. The first kappa shape index (κ1) is 18.8. The highest BCUT2D eigenvalue weighted by Gasteiger charge is 2.02. The Morgan fingerprint density at radius 2 is 1.74 bits per heavy atom. The fourth-order valence-electron chi connectivity index (χ4n) is 2.40. The standard InChI is InChI=1S/C21H20FN3OS/c1-15-3-2-12-23-20(15)25-21(27)24-13-16-6-10-19(11-7-16)26-14-17-4-8-18(22)9-5-17/h2-12H,13-14H2,1H3,(H2,23,24,25,27). The Kier molecular flexibility index (Phi) is 6.33. The predicted molar refractivity (Wildman–Crippen MR) is 109 cm³/mol. The molecule has 4 nitrogen and oxygen atoms in total. The molecule has 0 radical (unpaired) electrons. The van der Waals surface area contributed by atoms with E-state index in [-0.39, 0.29) is 5.82 Å². The third kappa shape index (κ3) is 5.76. The van der Waals surface area contributed by atoms with Crippen LogP contribution >= 0.6 is 12.2 Å². The highest BCUT2D eigenvalue weighted by Crippen LogP contribution is 2.15. The van der Waals surface area contributed by atoms with Crippen molar-refractivity contribution in [3.05, 3.63) is 89.4 Å². The normalized spacial score (nSPS) is 10.3. The largest absolute Gasteiger partial charge is 0.489 e. The average molecular weight is 381 g/mol. The van der Waals surface area contributed by atoms with E-state index in [0.717, 1.165) is 28.3 Å². The van der Waals surface area contributed by atoms with Crippen LogP contribution in [0.15, 0.2) is 66.9 Å². The molecule has 138 valence electrons. The van der Waals surface area contributed by atoms with Gasteiger partial charge in [0.2, 0.25) is 0 Å². The number of halogens is 1. The molecule has 0 aliphatic rings. The maximum Gasteiger partial charge on any atom is 0.172 e. The predicted octanol–water partition coefficient (Wildman–Crippen LogP) is 4.59. The fraction of sp³-hybridized carbons (Fsp3) is 0.143. The van der Waals surface area contributed by atoms with Crippen LogP contribution in [0.3, 0.4) is 0 Å². The summed E-state index contributed by atoms with van der Waals surface area (Å²) in [6.07, 6.45) is 1.72. The van der Waals surface area contributed by atoms with Crippen molar-refractivity contribution in [2.75, 3.05) is 5.32 Å². The van der Waals surface area contributed by atoms with Gasteiger partial charge >= 0.3 is 0 Å². The molecule has 2 aromatic carbocycles. The molecule has 0 aliphatic heterocycles. The van der Waals surface area contributed by atoms with E-state index in [9.17, 15) is 4.39 Å². The number of aromatic nitrogens is 1. The van der Waals surface area contributed by atoms with Crippen molar-refractivity contribution in [1.82, 2.24) is 10.3 Å². The summed E-state index contributed by atoms with van der Waals surface area (Å²) in [5, 5.41) is 6.78. The molecule has 0 saturated carbocycles. The molecule has 0 aliphatic carbocycles. The van der Waals surface area contributed by atoms with Crippen molar-refractivity contribution < 1.29 is 9.13 Å². The van der Waals surface area contributed by atoms with Gasteiger partial charge in [0.1, 0.15) is 24.0 Å². The maximum atomic E-state index is 12.9. The number of rotatable bonds is 6. The zero-order valence-electron chi connectivity index (χ0n) is 14.9. The zero-order chi connectivity index (χ0) is 19.1. The molecule has 0 atom stereocenters. The fourth-order valence-corrected chi connectivity index (χ4v) is 2.57. The van der Waals surface area contributed by atoms with Gasteiger partial charge in [0.05, 0.1) is 0 Å². The molecule has 1 aromatic heterocycles. The molecular weight excluding hydrogens is 361 g/mol. The smallest absolute Gasteiger partial charge is 0.172 e. The van der Waals surface area contributed by atoms with Gasteiger partial charge in [-0.3, -0.25) is 0 Å². The quantitative estimate of drug-likeness (QED) is 0.611.